The summed E-state index contributed by atoms with van der Waals surface area (Å²) in [6.07, 6.45) is 3.44. The number of carbonyl (C=O) groups excluding carboxylic acids is 2. The van der Waals surface area contributed by atoms with E-state index >= 15 is 0 Å². The van der Waals surface area contributed by atoms with Crippen molar-refractivity contribution in [3.8, 4) is 0 Å². The number of imide groups is 1. The van der Waals surface area contributed by atoms with Crippen molar-refractivity contribution in [3.05, 3.63) is 29.6 Å². The molecule has 1 aliphatic rings. The molecule has 100 valence electrons. The zero-order chi connectivity index (χ0) is 13.8. The topological polar surface area (TPSA) is 87.6 Å². The quantitative estimate of drug-likeness (QED) is 0.617. The van der Waals surface area contributed by atoms with Crippen molar-refractivity contribution in [3.63, 3.8) is 0 Å². The minimum atomic E-state index is -0.829. The first kappa shape index (κ1) is 13.2. The van der Waals surface area contributed by atoms with Gasteiger partial charge in [0.2, 0.25) is 0 Å². The molecule has 0 atom stereocenters. The summed E-state index contributed by atoms with van der Waals surface area (Å²) < 4.78 is 0. The predicted molar refractivity (Wildman–Crippen MR) is 65.7 cm³/mol. The third-order valence-corrected chi connectivity index (χ3v) is 3.00. The van der Waals surface area contributed by atoms with Crippen molar-refractivity contribution >= 4 is 17.8 Å². The van der Waals surface area contributed by atoms with Crippen LogP contribution in [0.1, 0.15) is 46.5 Å². The average molecular weight is 262 g/mol. The van der Waals surface area contributed by atoms with Gasteiger partial charge in [-0.1, -0.05) is 6.42 Å². The van der Waals surface area contributed by atoms with Crippen molar-refractivity contribution in [2.75, 3.05) is 6.54 Å². The number of carboxylic acid groups (broad SMARTS) is 1. The monoisotopic (exact) mass is 262 g/mol. The Morgan fingerprint density at radius 3 is 2.68 bits per heavy atom. The smallest absolute Gasteiger partial charge is 0.303 e. The van der Waals surface area contributed by atoms with Gasteiger partial charge in [-0.25, -0.2) is 0 Å². The molecule has 1 N–H and O–H groups in total. The molecular formula is C13H14N2O4. The molecule has 2 rings (SSSR count). The molecule has 0 saturated heterocycles. The third-order valence-electron chi connectivity index (χ3n) is 3.00. The first-order chi connectivity index (χ1) is 9.11. The fourth-order valence-corrected chi connectivity index (χ4v) is 2.04. The van der Waals surface area contributed by atoms with Crippen molar-refractivity contribution in [1.82, 2.24) is 9.88 Å². The van der Waals surface area contributed by atoms with Crippen LogP contribution in [0.25, 0.3) is 0 Å². The van der Waals surface area contributed by atoms with Crippen LogP contribution in [0.3, 0.4) is 0 Å². The second kappa shape index (κ2) is 5.60. The van der Waals surface area contributed by atoms with Crippen LogP contribution in [-0.2, 0) is 4.79 Å². The number of pyridine rings is 1. The van der Waals surface area contributed by atoms with Gasteiger partial charge in [-0.2, -0.15) is 0 Å². The van der Waals surface area contributed by atoms with E-state index in [1.54, 1.807) is 12.1 Å². The van der Waals surface area contributed by atoms with Gasteiger partial charge in [0.15, 0.2) is 0 Å². The summed E-state index contributed by atoms with van der Waals surface area (Å²) in [5.41, 5.74) is 0.552. The Morgan fingerprint density at radius 2 is 2.00 bits per heavy atom. The normalized spacial score (nSPS) is 13.8. The van der Waals surface area contributed by atoms with Gasteiger partial charge in [0.05, 0.1) is 5.56 Å². The minimum absolute atomic E-state index is 0.115. The molecule has 0 fully saturated rings. The van der Waals surface area contributed by atoms with Crippen LogP contribution in [0.5, 0.6) is 0 Å². The number of nitrogens with zero attached hydrogens (tertiary/aromatic N) is 2. The number of amides is 2. The Morgan fingerprint density at radius 1 is 1.21 bits per heavy atom. The maximum Gasteiger partial charge on any atom is 0.303 e. The number of hydrogen-bond acceptors (Lipinski definition) is 4. The van der Waals surface area contributed by atoms with Gasteiger partial charge >= 0.3 is 5.97 Å². The summed E-state index contributed by atoms with van der Waals surface area (Å²) in [6.45, 7) is 0.313. The van der Waals surface area contributed by atoms with E-state index in [9.17, 15) is 14.4 Å². The van der Waals surface area contributed by atoms with E-state index in [4.69, 9.17) is 5.11 Å². The number of fused-ring (bicyclic) bond motifs is 1. The Bertz CT molecular complexity index is 492. The Hall–Kier alpha value is -2.24. The number of aliphatic carboxylic acids is 1. The summed E-state index contributed by atoms with van der Waals surface area (Å²) in [5.74, 6) is -1.50. The number of unbranched alkanes of at least 4 members (excludes halogenated alkanes) is 2. The van der Waals surface area contributed by atoms with Crippen LogP contribution in [-0.4, -0.2) is 39.3 Å². The zero-order valence-electron chi connectivity index (χ0n) is 10.3. The maximum atomic E-state index is 12.0. The van der Waals surface area contributed by atoms with Crippen molar-refractivity contribution in [2.45, 2.75) is 25.7 Å². The molecule has 0 unspecified atom stereocenters. The van der Waals surface area contributed by atoms with Crippen molar-refractivity contribution in [2.24, 2.45) is 0 Å². The molecule has 0 aliphatic carbocycles. The number of aromatic nitrogens is 1. The second-order valence-electron chi connectivity index (χ2n) is 4.37. The largest absolute Gasteiger partial charge is 0.481 e. The minimum Gasteiger partial charge on any atom is -0.481 e. The molecule has 1 aromatic heterocycles. The van der Waals surface area contributed by atoms with Gasteiger partial charge in [0, 0.05) is 19.2 Å². The summed E-state index contributed by atoms with van der Waals surface area (Å²) in [7, 11) is 0. The molecule has 1 aromatic rings. The van der Waals surface area contributed by atoms with E-state index in [0.717, 1.165) is 0 Å². The van der Waals surface area contributed by atoms with Gasteiger partial charge in [0.25, 0.3) is 11.8 Å². The van der Waals surface area contributed by atoms with E-state index in [1.807, 2.05) is 0 Å². The molecule has 0 bridgehead atoms. The first-order valence-electron chi connectivity index (χ1n) is 6.14. The highest BCUT2D eigenvalue weighted by molar-refractivity contribution is 6.20. The third kappa shape index (κ3) is 2.78. The van der Waals surface area contributed by atoms with Crippen LogP contribution in [0.15, 0.2) is 18.3 Å². The highest BCUT2D eigenvalue weighted by Crippen LogP contribution is 2.20. The van der Waals surface area contributed by atoms with Crippen LogP contribution >= 0.6 is 0 Å². The van der Waals surface area contributed by atoms with Crippen LogP contribution in [0.4, 0.5) is 0 Å². The summed E-state index contributed by atoms with van der Waals surface area (Å²) in [4.78, 5) is 39.3. The molecule has 0 aromatic carbocycles. The van der Waals surface area contributed by atoms with Crippen molar-refractivity contribution < 1.29 is 19.5 Å². The highest BCUT2D eigenvalue weighted by Gasteiger charge is 2.35. The van der Waals surface area contributed by atoms with Crippen LogP contribution in [0.2, 0.25) is 0 Å². The van der Waals surface area contributed by atoms with Crippen LogP contribution in [0, 0.1) is 0 Å². The lowest BCUT2D eigenvalue weighted by Gasteiger charge is -2.12. The number of hydrogen-bond donors (Lipinski definition) is 1. The summed E-state index contributed by atoms with van der Waals surface area (Å²) in [6, 6.07) is 3.22. The molecule has 2 amide bonds. The van der Waals surface area contributed by atoms with E-state index < -0.39 is 5.97 Å². The SMILES string of the molecule is O=C(O)CCCCCN1C(=O)c2cccnc2C1=O. The van der Waals surface area contributed by atoms with E-state index in [1.165, 1.54) is 11.1 Å². The Balaban J connectivity index is 1.88. The van der Waals surface area contributed by atoms with Gasteiger partial charge in [-0.05, 0) is 25.0 Å². The van der Waals surface area contributed by atoms with E-state index in [-0.39, 0.29) is 23.9 Å². The van der Waals surface area contributed by atoms with Gasteiger partial charge in [-0.3, -0.25) is 24.3 Å². The lowest BCUT2D eigenvalue weighted by molar-refractivity contribution is -0.137. The predicted octanol–water partition coefficient (Wildman–Crippen LogP) is 1.32. The van der Waals surface area contributed by atoms with Crippen LogP contribution < -0.4 is 0 Å². The Kier molecular flexibility index (Phi) is 3.89. The number of carboxylic acids is 1. The molecule has 0 spiro atoms. The van der Waals surface area contributed by atoms with E-state index in [2.05, 4.69) is 4.98 Å². The maximum absolute atomic E-state index is 12.0. The molecule has 19 heavy (non-hydrogen) atoms. The molecular weight excluding hydrogens is 248 g/mol. The molecule has 6 heteroatoms. The van der Waals surface area contributed by atoms with Gasteiger partial charge in [-0.15, -0.1) is 0 Å². The lowest BCUT2D eigenvalue weighted by atomic mass is 10.2. The standard InChI is InChI=1S/C13H14N2O4/c16-10(17)6-2-1-3-8-15-12(18)9-5-4-7-14-11(9)13(15)19/h4-5,7H,1-3,6,8H2,(H,16,17). The number of rotatable bonds is 6. The van der Waals surface area contributed by atoms with Gasteiger partial charge in [0.1, 0.15) is 5.69 Å². The fourth-order valence-electron chi connectivity index (χ4n) is 2.04. The van der Waals surface area contributed by atoms with Gasteiger partial charge < -0.3 is 5.11 Å². The number of carbonyl (C=O) groups is 3. The first-order valence-corrected chi connectivity index (χ1v) is 6.14. The molecule has 2 heterocycles. The lowest BCUT2D eigenvalue weighted by Crippen LogP contribution is -2.30. The molecule has 1 aliphatic heterocycles. The zero-order valence-corrected chi connectivity index (χ0v) is 10.3. The van der Waals surface area contributed by atoms with Crippen molar-refractivity contribution in [1.29, 1.82) is 0 Å². The average Bonchev–Trinajstić information content (AvgIpc) is 2.63. The second-order valence-corrected chi connectivity index (χ2v) is 4.37. The molecule has 0 saturated carbocycles. The molecule has 0 radical (unpaired) electrons. The highest BCUT2D eigenvalue weighted by atomic mass is 16.4. The Labute approximate surface area is 110 Å². The van der Waals surface area contributed by atoms with E-state index in [0.29, 0.717) is 31.4 Å². The fraction of sp³-hybridized carbons (Fsp3) is 0.385. The molecule has 6 nitrogen and oxygen atoms in total. The summed E-state index contributed by atoms with van der Waals surface area (Å²) in [5, 5.41) is 8.50. The summed E-state index contributed by atoms with van der Waals surface area (Å²) >= 11 is 0.